The van der Waals surface area contributed by atoms with E-state index in [1.165, 1.54) is 55.3 Å². The van der Waals surface area contributed by atoms with Crippen molar-refractivity contribution in [3.05, 3.63) is 283 Å². The number of para-hydroxylation sites is 1. The van der Waals surface area contributed by atoms with Gasteiger partial charge in [-0.25, -0.2) is 0 Å². The van der Waals surface area contributed by atoms with Gasteiger partial charge in [-0.1, -0.05) is 218 Å². The first-order valence-electron chi connectivity index (χ1n) is 23.1. The van der Waals surface area contributed by atoms with Crippen molar-refractivity contribution in [1.29, 1.82) is 0 Å². The van der Waals surface area contributed by atoms with Gasteiger partial charge in [-0.3, -0.25) is 0 Å². The van der Waals surface area contributed by atoms with Gasteiger partial charge in [-0.05, 0) is 103 Å². The molecule has 11 aromatic carbocycles. The van der Waals surface area contributed by atoms with E-state index in [1.807, 2.05) is 0 Å². The number of rotatable bonds is 8. The van der Waals surface area contributed by atoms with Crippen molar-refractivity contribution in [2.75, 3.05) is 4.90 Å². The third-order valence-electron chi connectivity index (χ3n) is 13.9. The van der Waals surface area contributed by atoms with Gasteiger partial charge in [0.1, 0.15) is 11.2 Å². The molecule has 1 aromatic heterocycles. The monoisotopic (exact) mass is 853 g/mol. The maximum Gasteiger partial charge on any atom is 0.143 e. The molecular weight excluding hydrogens is 811 g/mol. The molecule has 0 N–H and O–H groups in total. The molecule has 1 aliphatic rings. The maximum atomic E-state index is 7.18. The molecule has 0 unspecified atom stereocenters. The Morgan fingerprint density at radius 3 is 1.60 bits per heavy atom. The van der Waals surface area contributed by atoms with Crippen molar-refractivity contribution in [2.45, 2.75) is 5.41 Å². The molecule has 13 rings (SSSR count). The predicted molar refractivity (Wildman–Crippen MR) is 280 cm³/mol. The van der Waals surface area contributed by atoms with Gasteiger partial charge in [0.2, 0.25) is 0 Å². The van der Waals surface area contributed by atoms with E-state index in [2.05, 4.69) is 266 Å². The summed E-state index contributed by atoms with van der Waals surface area (Å²) in [4.78, 5) is 2.43. The average molecular weight is 854 g/mol. The number of hydrogen-bond acceptors (Lipinski definition) is 2. The smallest absolute Gasteiger partial charge is 0.143 e. The van der Waals surface area contributed by atoms with Crippen LogP contribution in [0.15, 0.2) is 265 Å². The quantitative estimate of drug-likeness (QED) is 0.151. The van der Waals surface area contributed by atoms with Gasteiger partial charge < -0.3 is 9.32 Å². The van der Waals surface area contributed by atoms with Crippen LogP contribution in [0.1, 0.15) is 22.3 Å². The Balaban J connectivity index is 1.05. The van der Waals surface area contributed by atoms with Crippen LogP contribution in [0.3, 0.4) is 0 Å². The molecule has 2 nitrogen and oxygen atoms in total. The first kappa shape index (κ1) is 38.7. The average Bonchev–Trinajstić information content (AvgIpc) is 3.92. The molecule has 67 heavy (non-hydrogen) atoms. The third-order valence-corrected chi connectivity index (χ3v) is 13.9. The zero-order valence-corrected chi connectivity index (χ0v) is 36.7. The Morgan fingerprint density at radius 2 is 0.866 bits per heavy atom. The Hall–Kier alpha value is -8.72. The van der Waals surface area contributed by atoms with Crippen LogP contribution >= 0.6 is 0 Å². The molecule has 1 heterocycles. The van der Waals surface area contributed by atoms with Crippen molar-refractivity contribution >= 4 is 49.8 Å². The van der Waals surface area contributed by atoms with E-state index in [9.17, 15) is 0 Å². The summed E-state index contributed by atoms with van der Waals surface area (Å²) in [5.41, 5.74) is 18.8. The molecular formula is C65H43NO. The number of furan rings is 1. The van der Waals surface area contributed by atoms with E-state index in [-0.39, 0.29) is 0 Å². The summed E-state index contributed by atoms with van der Waals surface area (Å²) in [7, 11) is 0. The molecule has 12 aromatic rings. The van der Waals surface area contributed by atoms with Crippen LogP contribution in [0.4, 0.5) is 17.1 Å². The molecule has 2 heteroatoms. The lowest BCUT2D eigenvalue weighted by Crippen LogP contribution is -2.28. The standard InChI is InChI=1S/C65H43NO/c1-5-19-44(20-6-1)45-33-35-47(36-34-45)63-54-29-14-13-23-48(54)41-58-57-40-38-52(43-62(57)67-64(58)63)66(61-32-18-16-28-53(61)46-21-7-2-8-22-46)51-37-39-56-55-30-15-17-31-59(55)65(60(56)42-51,49-24-9-3-10-25-49)50-26-11-4-12-27-50/h1-43H. The second kappa shape index (κ2) is 15.8. The minimum absolute atomic E-state index is 0.546. The molecule has 314 valence electrons. The first-order valence-corrected chi connectivity index (χ1v) is 23.1. The van der Waals surface area contributed by atoms with Crippen molar-refractivity contribution < 1.29 is 4.42 Å². The molecule has 0 atom stereocenters. The van der Waals surface area contributed by atoms with Crippen LogP contribution in [-0.2, 0) is 5.41 Å². The van der Waals surface area contributed by atoms with E-state index in [0.717, 1.165) is 61.3 Å². The second-order valence-electron chi connectivity index (χ2n) is 17.6. The summed E-state index contributed by atoms with van der Waals surface area (Å²) in [5, 5.41) is 4.53. The number of benzene rings is 11. The van der Waals surface area contributed by atoms with Gasteiger partial charge in [0.05, 0.1) is 11.1 Å². The second-order valence-corrected chi connectivity index (χ2v) is 17.6. The minimum atomic E-state index is -0.546. The minimum Gasteiger partial charge on any atom is -0.455 e. The molecule has 0 aliphatic heterocycles. The fraction of sp³-hybridized carbons (Fsp3) is 0.0154. The summed E-state index contributed by atoms with van der Waals surface area (Å²) in [6.45, 7) is 0. The van der Waals surface area contributed by atoms with Gasteiger partial charge >= 0.3 is 0 Å². The normalized spacial score (nSPS) is 12.6. The van der Waals surface area contributed by atoms with E-state index in [0.29, 0.717) is 0 Å². The van der Waals surface area contributed by atoms with Crippen LogP contribution in [0.2, 0.25) is 0 Å². The largest absolute Gasteiger partial charge is 0.455 e. The highest BCUT2D eigenvalue weighted by molar-refractivity contribution is 6.18. The molecule has 1 aliphatic carbocycles. The number of fused-ring (bicyclic) bond motifs is 7. The van der Waals surface area contributed by atoms with E-state index in [1.54, 1.807) is 0 Å². The Labute approximate surface area is 390 Å². The molecule has 0 saturated heterocycles. The maximum absolute atomic E-state index is 7.18. The lowest BCUT2D eigenvalue weighted by Gasteiger charge is -2.35. The summed E-state index contributed by atoms with van der Waals surface area (Å²) in [5.74, 6) is 0. The highest BCUT2D eigenvalue weighted by Crippen LogP contribution is 2.57. The van der Waals surface area contributed by atoms with Crippen molar-refractivity contribution in [3.63, 3.8) is 0 Å². The topological polar surface area (TPSA) is 16.4 Å². The lowest BCUT2D eigenvalue weighted by atomic mass is 9.67. The van der Waals surface area contributed by atoms with Gasteiger partial charge in [-0.2, -0.15) is 0 Å². The van der Waals surface area contributed by atoms with Crippen LogP contribution in [0.25, 0.3) is 77.2 Å². The zero-order chi connectivity index (χ0) is 44.3. The van der Waals surface area contributed by atoms with Crippen LogP contribution in [0.5, 0.6) is 0 Å². The summed E-state index contributed by atoms with van der Waals surface area (Å²) < 4.78 is 7.18. The molecule has 0 radical (unpaired) electrons. The molecule has 0 spiro atoms. The molecule has 0 amide bonds. The van der Waals surface area contributed by atoms with Gasteiger partial charge in [0.15, 0.2) is 0 Å². The SMILES string of the molecule is c1ccc(-c2ccc(-c3c4ccccc4cc4c3oc3cc(N(c5ccc6c(c5)C(c5ccccc5)(c5ccccc5)c5ccccc5-6)c5ccccc5-c5ccccc5)ccc34)cc2)cc1. The zero-order valence-electron chi connectivity index (χ0n) is 36.7. The Kier molecular flexibility index (Phi) is 9.11. The fourth-order valence-corrected chi connectivity index (χ4v) is 11.0. The van der Waals surface area contributed by atoms with E-state index in [4.69, 9.17) is 4.42 Å². The van der Waals surface area contributed by atoms with Crippen molar-refractivity contribution in [2.24, 2.45) is 0 Å². The molecule has 0 fully saturated rings. The molecule has 0 bridgehead atoms. The molecule has 0 saturated carbocycles. The van der Waals surface area contributed by atoms with Gasteiger partial charge in [0, 0.05) is 39.3 Å². The van der Waals surface area contributed by atoms with E-state index < -0.39 is 5.41 Å². The van der Waals surface area contributed by atoms with E-state index >= 15 is 0 Å². The third kappa shape index (κ3) is 6.18. The summed E-state index contributed by atoms with van der Waals surface area (Å²) >= 11 is 0. The van der Waals surface area contributed by atoms with Crippen LogP contribution in [-0.4, -0.2) is 0 Å². The number of anilines is 3. The first-order chi connectivity index (χ1) is 33.2. The van der Waals surface area contributed by atoms with Crippen LogP contribution in [0, 0.1) is 0 Å². The number of hydrogen-bond donors (Lipinski definition) is 0. The fourth-order valence-electron chi connectivity index (χ4n) is 11.0. The predicted octanol–water partition coefficient (Wildman–Crippen LogP) is 17.6. The Bertz CT molecular complexity index is 3740. The van der Waals surface area contributed by atoms with Gasteiger partial charge in [0.25, 0.3) is 0 Å². The Morgan fingerprint density at radius 1 is 0.328 bits per heavy atom. The lowest BCUT2D eigenvalue weighted by molar-refractivity contribution is 0.670. The summed E-state index contributed by atoms with van der Waals surface area (Å²) in [6, 6.07) is 94.9. The highest BCUT2D eigenvalue weighted by atomic mass is 16.3. The number of nitrogens with zero attached hydrogens (tertiary/aromatic N) is 1. The highest BCUT2D eigenvalue weighted by Gasteiger charge is 2.46. The van der Waals surface area contributed by atoms with Crippen molar-refractivity contribution in [3.8, 4) is 44.5 Å². The van der Waals surface area contributed by atoms with Gasteiger partial charge in [-0.15, -0.1) is 0 Å². The van der Waals surface area contributed by atoms with Crippen LogP contribution < -0.4 is 4.90 Å². The summed E-state index contributed by atoms with van der Waals surface area (Å²) in [6.07, 6.45) is 0. The van der Waals surface area contributed by atoms with Crippen molar-refractivity contribution in [1.82, 2.24) is 0 Å².